The van der Waals surface area contributed by atoms with E-state index in [1.165, 1.54) is 0 Å². The van der Waals surface area contributed by atoms with Gasteiger partial charge < -0.3 is 10.4 Å². The van der Waals surface area contributed by atoms with E-state index in [0.29, 0.717) is 13.0 Å². The highest BCUT2D eigenvalue weighted by Crippen LogP contribution is 1.93. The molecule has 13 heavy (non-hydrogen) atoms. The molecule has 78 valence electrons. The molecule has 0 aromatic heterocycles. The quantitative estimate of drug-likeness (QED) is 0.333. The Balaban J connectivity index is 3.53. The maximum atomic E-state index is 10.3. The van der Waals surface area contributed by atoms with Crippen molar-refractivity contribution < 1.29 is 18.1 Å². The van der Waals surface area contributed by atoms with Gasteiger partial charge in [0.2, 0.25) is 0 Å². The van der Waals surface area contributed by atoms with Crippen molar-refractivity contribution in [2.45, 2.75) is 19.4 Å². The predicted molar refractivity (Wildman–Crippen MR) is 50.3 cm³/mol. The van der Waals surface area contributed by atoms with E-state index < -0.39 is 10.1 Å². The Bertz CT molecular complexity index is 260. The lowest BCUT2D eigenvalue weighted by Gasteiger charge is -2.10. The van der Waals surface area contributed by atoms with Crippen LogP contribution in [0.2, 0.25) is 0 Å². The van der Waals surface area contributed by atoms with Gasteiger partial charge in [-0.2, -0.15) is 8.42 Å². The van der Waals surface area contributed by atoms with Crippen LogP contribution in [0.3, 0.4) is 0 Å². The highest BCUT2D eigenvalue weighted by Gasteiger charge is 2.06. The minimum atomic E-state index is -3.87. The van der Waals surface area contributed by atoms with Gasteiger partial charge in [0.25, 0.3) is 10.1 Å². The smallest absolute Gasteiger partial charge is 0.264 e. The van der Waals surface area contributed by atoms with Gasteiger partial charge in [0.1, 0.15) is 5.76 Å². The second kappa shape index (κ2) is 5.21. The lowest BCUT2D eigenvalue weighted by atomic mass is 10.3. The van der Waals surface area contributed by atoms with Crippen molar-refractivity contribution in [2.75, 3.05) is 12.3 Å². The summed E-state index contributed by atoms with van der Waals surface area (Å²) < 4.78 is 28.9. The summed E-state index contributed by atoms with van der Waals surface area (Å²) in [4.78, 5) is 0. The third kappa shape index (κ3) is 7.76. The Morgan fingerprint density at radius 1 is 1.62 bits per heavy atom. The molecule has 0 saturated heterocycles. The van der Waals surface area contributed by atoms with Gasteiger partial charge in [0.15, 0.2) is 0 Å². The molecule has 0 unspecified atom stereocenters. The van der Waals surface area contributed by atoms with Crippen molar-refractivity contribution in [3.63, 3.8) is 0 Å². The van der Waals surface area contributed by atoms with Crippen LogP contribution in [0.15, 0.2) is 12.3 Å². The SMILES string of the molecule is C=C(O)[C@H](C)NCCCS(=O)(=O)O. The second-order valence-corrected chi connectivity index (χ2v) is 4.38. The molecule has 0 aromatic rings. The van der Waals surface area contributed by atoms with E-state index >= 15 is 0 Å². The molecule has 0 aliphatic rings. The van der Waals surface area contributed by atoms with Crippen molar-refractivity contribution in [1.82, 2.24) is 5.32 Å². The molecule has 6 heteroatoms. The number of rotatable bonds is 6. The summed E-state index contributed by atoms with van der Waals surface area (Å²) >= 11 is 0. The first-order chi connectivity index (χ1) is 5.83. The topological polar surface area (TPSA) is 86.6 Å². The Hall–Kier alpha value is -0.590. The zero-order chi connectivity index (χ0) is 10.5. The van der Waals surface area contributed by atoms with Gasteiger partial charge in [0, 0.05) is 0 Å². The van der Waals surface area contributed by atoms with Gasteiger partial charge in [-0.1, -0.05) is 6.58 Å². The van der Waals surface area contributed by atoms with Crippen LogP contribution in [0.1, 0.15) is 13.3 Å². The zero-order valence-corrected chi connectivity index (χ0v) is 8.34. The third-order valence-corrected chi connectivity index (χ3v) is 2.33. The lowest BCUT2D eigenvalue weighted by Crippen LogP contribution is -2.29. The largest absolute Gasteiger partial charge is 0.511 e. The summed E-state index contributed by atoms with van der Waals surface area (Å²) in [5.74, 6) is -0.267. The molecule has 0 bridgehead atoms. The molecule has 0 fully saturated rings. The van der Waals surface area contributed by atoms with Gasteiger partial charge in [-0.25, -0.2) is 0 Å². The monoisotopic (exact) mass is 209 g/mol. The fourth-order valence-corrected chi connectivity index (χ4v) is 1.20. The molecule has 0 heterocycles. The maximum absolute atomic E-state index is 10.3. The summed E-state index contributed by atoms with van der Waals surface area (Å²) in [6.45, 7) is 5.42. The molecule has 0 aliphatic carbocycles. The molecule has 3 N–H and O–H groups in total. The second-order valence-electron chi connectivity index (χ2n) is 2.81. The van der Waals surface area contributed by atoms with Gasteiger partial charge in [-0.05, 0) is 19.9 Å². The Labute approximate surface area is 78.2 Å². The molecule has 0 aliphatic heterocycles. The summed E-state index contributed by atoms with van der Waals surface area (Å²) in [6.07, 6.45) is 0.302. The standard InChI is InChI=1S/C7H15NO4S/c1-6(7(2)9)8-4-3-5-13(10,11)12/h6,8-9H,2-5H2,1H3,(H,10,11,12)/t6-/m0/s1. The summed E-state index contributed by atoms with van der Waals surface area (Å²) in [6, 6.07) is -0.263. The summed E-state index contributed by atoms with van der Waals surface area (Å²) in [5.41, 5.74) is 0. The number of hydrogen-bond donors (Lipinski definition) is 3. The normalized spacial score (nSPS) is 14.0. The summed E-state index contributed by atoms with van der Waals surface area (Å²) in [7, 11) is -3.87. The minimum Gasteiger partial charge on any atom is -0.511 e. The van der Waals surface area contributed by atoms with E-state index in [9.17, 15) is 8.42 Å². The molecule has 0 saturated carbocycles. The average Bonchev–Trinajstić information content (AvgIpc) is 1.95. The Morgan fingerprint density at radius 3 is 2.54 bits per heavy atom. The molecular formula is C7H15NO4S. The minimum absolute atomic E-state index is 0.00635. The first-order valence-electron chi connectivity index (χ1n) is 3.89. The van der Waals surface area contributed by atoms with E-state index in [-0.39, 0.29) is 17.6 Å². The molecule has 1 atom stereocenters. The summed E-state index contributed by atoms with van der Waals surface area (Å²) in [5, 5.41) is 11.7. The van der Waals surface area contributed by atoms with Crippen molar-refractivity contribution in [1.29, 1.82) is 0 Å². The van der Waals surface area contributed by atoms with Crippen LogP contribution in [-0.4, -0.2) is 36.4 Å². The Morgan fingerprint density at radius 2 is 2.15 bits per heavy atom. The lowest BCUT2D eigenvalue weighted by molar-refractivity contribution is 0.352. The number of nitrogens with one attached hydrogen (secondary N) is 1. The predicted octanol–water partition coefficient (Wildman–Crippen LogP) is 0.314. The highest BCUT2D eigenvalue weighted by atomic mass is 32.2. The Kier molecular flexibility index (Phi) is 4.97. The van der Waals surface area contributed by atoms with Crippen molar-refractivity contribution in [2.24, 2.45) is 0 Å². The van der Waals surface area contributed by atoms with Crippen LogP contribution in [0.4, 0.5) is 0 Å². The van der Waals surface area contributed by atoms with Crippen molar-refractivity contribution in [3.05, 3.63) is 12.3 Å². The number of hydrogen-bond acceptors (Lipinski definition) is 4. The van der Waals surface area contributed by atoms with Crippen molar-refractivity contribution >= 4 is 10.1 Å². The van der Waals surface area contributed by atoms with Gasteiger partial charge in [0.05, 0.1) is 11.8 Å². The van der Waals surface area contributed by atoms with Crippen molar-refractivity contribution in [3.8, 4) is 0 Å². The van der Waals surface area contributed by atoms with Gasteiger partial charge in [-0.3, -0.25) is 4.55 Å². The van der Waals surface area contributed by atoms with Crippen LogP contribution in [0, 0.1) is 0 Å². The van der Waals surface area contributed by atoms with E-state index in [2.05, 4.69) is 11.9 Å². The maximum Gasteiger partial charge on any atom is 0.264 e. The first kappa shape index (κ1) is 12.4. The molecule has 0 amide bonds. The van der Waals surface area contributed by atoms with Gasteiger partial charge in [-0.15, -0.1) is 0 Å². The third-order valence-electron chi connectivity index (χ3n) is 1.53. The van der Waals surface area contributed by atoms with Gasteiger partial charge >= 0.3 is 0 Å². The van der Waals surface area contributed by atoms with E-state index in [4.69, 9.17) is 9.66 Å². The molecule has 0 spiro atoms. The molecule has 0 rings (SSSR count). The molecule has 0 aromatic carbocycles. The van der Waals surface area contributed by atoms with Crippen LogP contribution in [-0.2, 0) is 10.1 Å². The number of aliphatic hydroxyl groups excluding tert-OH is 1. The van der Waals surface area contributed by atoms with E-state index in [0.717, 1.165) is 0 Å². The fourth-order valence-electron chi connectivity index (χ4n) is 0.691. The van der Waals surface area contributed by atoms with E-state index in [1.807, 2.05) is 0 Å². The fraction of sp³-hybridized carbons (Fsp3) is 0.714. The van der Waals surface area contributed by atoms with Crippen LogP contribution >= 0.6 is 0 Å². The first-order valence-corrected chi connectivity index (χ1v) is 5.50. The molecule has 0 radical (unpaired) electrons. The zero-order valence-electron chi connectivity index (χ0n) is 7.52. The average molecular weight is 209 g/mol. The molecule has 5 nitrogen and oxygen atoms in total. The van der Waals surface area contributed by atoms with E-state index in [1.54, 1.807) is 6.92 Å². The highest BCUT2D eigenvalue weighted by molar-refractivity contribution is 7.85. The van der Waals surface area contributed by atoms with Crippen LogP contribution in [0.5, 0.6) is 0 Å². The molecular weight excluding hydrogens is 194 g/mol. The van der Waals surface area contributed by atoms with Crippen LogP contribution in [0.25, 0.3) is 0 Å². The number of aliphatic hydroxyl groups is 1. The van der Waals surface area contributed by atoms with Crippen LogP contribution < -0.4 is 5.32 Å².